The summed E-state index contributed by atoms with van der Waals surface area (Å²) in [7, 11) is 5.93. The number of rotatable bonds is 6. The number of benzene rings is 2. The minimum atomic E-state index is -0.758. The monoisotopic (exact) mass is 409 g/mol. The molecule has 0 saturated heterocycles. The van der Waals surface area contributed by atoms with Gasteiger partial charge in [-0.25, -0.2) is 0 Å². The van der Waals surface area contributed by atoms with Crippen LogP contribution in [0.25, 0.3) is 0 Å². The first-order chi connectivity index (χ1) is 14.1. The van der Waals surface area contributed by atoms with Crippen molar-refractivity contribution in [1.29, 1.82) is 0 Å². The standard InChI is InChI=1S/C27H39NO2/c1-26(2,3)22-10-12-23(13-11-22)27(29)15-14-21(17-24(27)19-28(4)5)16-20-8-7-9-25(18-20)30-6/h7-13,18,21,24,29H,14-17,19H2,1-6H3. The molecule has 3 heteroatoms. The van der Waals surface area contributed by atoms with Crippen LogP contribution in [-0.2, 0) is 17.4 Å². The van der Waals surface area contributed by atoms with Crippen molar-refractivity contribution >= 4 is 0 Å². The third-order valence-corrected chi connectivity index (χ3v) is 6.72. The van der Waals surface area contributed by atoms with E-state index in [0.717, 1.165) is 43.5 Å². The van der Waals surface area contributed by atoms with Gasteiger partial charge in [0.2, 0.25) is 0 Å². The zero-order valence-corrected chi connectivity index (χ0v) is 19.6. The van der Waals surface area contributed by atoms with E-state index in [-0.39, 0.29) is 11.3 Å². The van der Waals surface area contributed by atoms with E-state index in [2.05, 4.69) is 82.2 Å². The van der Waals surface area contributed by atoms with E-state index in [9.17, 15) is 5.11 Å². The SMILES string of the molecule is COc1cccc(CC2CCC(O)(c3ccc(C(C)(C)C)cc3)C(CN(C)C)C2)c1. The minimum Gasteiger partial charge on any atom is -0.497 e. The van der Waals surface area contributed by atoms with Crippen LogP contribution in [0.2, 0.25) is 0 Å². The zero-order chi connectivity index (χ0) is 21.9. The van der Waals surface area contributed by atoms with Gasteiger partial charge in [-0.15, -0.1) is 0 Å². The van der Waals surface area contributed by atoms with Crippen molar-refractivity contribution in [1.82, 2.24) is 4.90 Å². The molecule has 1 fully saturated rings. The van der Waals surface area contributed by atoms with Gasteiger partial charge >= 0.3 is 0 Å². The van der Waals surface area contributed by atoms with Gasteiger partial charge in [-0.2, -0.15) is 0 Å². The summed E-state index contributed by atoms with van der Waals surface area (Å²) in [5.74, 6) is 1.72. The molecule has 2 aromatic carbocycles. The number of nitrogens with zero attached hydrogens (tertiary/aromatic N) is 1. The molecule has 0 amide bonds. The van der Waals surface area contributed by atoms with Crippen LogP contribution < -0.4 is 4.74 Å². The fourth-order valence-electron chi connectivity index (χ4n) is 4.97. The highest BCUT2D eigenvalue weighted by Crippen LogP contribution is 2.45. The smallest absolute Gasteiger partial charge is 0.119 e. The van der Waals surface area contributed by atoms with Gasteiger partial charge in [-0.05, 0) is 79.9 Å². The maximum atomic E-state index is 11.9. The van der Waals surface area contributed by atoms with Gasteiger partial charge < -0.3 is 14.7 Å². The Labute approximate surface area is 183 Å². The number of methoxy groups -OCH3 is 1. The lowest BCUT2D eigenvalue weighted by Crippen LogP contribution is -2.45. The molecule has 0 bridgehead atoms. The summed E-state index contributed by atoms with van der Waals surface area (Å²) in [5, 5.41) is 11.9. The average molecular weight is 410 g/mol. The highest BCUT2D eigenvalue weighted by Gasteiger charge is 2.43. The summed E-state index contributed by atoms with van der Waals surface area (Å²) >= 11 is 0. The Morgan fingerprint density at radius 1 is 1.10 bits per heavy atom. The lowest BCUT2D eigenvalue weighted by atomic mass is 9.66. The molecule has 1 aliphatic rings. The predicted molar refractivity (Wildman–Crippen MR) is 125 cm³/mol. The van der Waals surface area contributed by atoms with Gasteiger partial charge in [0, 0.05) is 12.5 Å². The highest BCUT2D eigenvalue weighted by atomic mass is 16.5. The second-order valence-corrected chi connectivity index (χ2v) is 10.4. The molecule has 3 nitrogen and oxygen atoms in total. The predicted octanol–water partition coefficient (Wildman–Crippen LogP) is 5.40. The highest BCUT2D eigenvalue weighted by molar-refractivity contribution is 5.32. The van der Waals surface area contributed by atoms with Gasteiger partial charge in [0.1, 0.15) is 5.75 Å². The summed E-state index contributed by atoms with van der Waals surface area (Å²) in [6.07, 6.45) is 3.93. The molecular weight excluding hydrogens is 370 g/mol. The summed E-state index contributed by atoms with van der Waals surface area (Å²) in [6, 6.07) is 17.1. The maximum absolute atomic E-state index is 11.9. The quantitative estimate of drug-likeness (QED) is 0.693. The van der Waals surface area contributed by atoms with E-state index < -0.39 is 5.60 Å². The normalized spacial score (nSPS) is 24.8. The molecule has 30 heavy (non-hydrogen) atoms. The number of ether oxygens (including phenoxy) is 1. The second-order valence-electron chi connectivity index (χ2n) is 10.4. The van der Waals surface area contributed by atoms with Crippen molar-refractivity contribution < 1.29 is 9.84 Å². The number of aliphatic hydroxyl groups is 1. The largest absolute Gasteiger partial charge is 0.497 e. The van der Waals surface area contributed by atoms with E-state index in [1.165, 1.54) is 11.1 Å². The van der Waals surface area contributed by atoms with E-state index >= 15 is 0 Å². The lowest BCUT2D eigenvalue weighted by Gasteiger charge is -2.45. The first-order valence-electron chi connectivity index (χ1n) is 11.2. The van der Waals surface area contributed by atoms with E-state index in [4.69, 9.17) is 4.74 Å². The van der Waals surface area contributed by atoms with Crippen LogP contribution in [-0.4, -0.2) is 37.8 Å². The summed E-state index contributed by atoms with van der Waals surface area (Å²) in [4.78, 5) is 2.22. The Hall–Kier alpha value is -1.84. The first-order valence-corrected chi connectivity index (χ1v) is 11.2. The summed E-state index contributed by atoms with van der Waals surface area (Å²) in [6.45, 7) is 7.59. The van der Waals surface area contributed by atoms with Crippen LogP contribution in [0.1, 0.15) is 56.7 Å². The Balaban J connectivity index is 1.80. The van der Waals surface area contributed by atoms with Crippen LogP contribution in [0.4, 0.5) is 0 Å². The van der Waals surface area contributed by atoms with Crippen molar-refractivity contribution in [3.8, 4) is 5.75 Å². The van der Waals surface area contributed by atoms with E-state index in [1.807, 2.05) is 6.07 Å². The number of hydrogen-bond donors (Lipinski definition) is 1. The molecule has 0 aliphatic heterocycles. The van der Waals surface area contributed by atoms with E-state index in [0.29, 0.717) is 5.92 Å². The van der Waals surface area contributed by atoms with Gasteiger partial charge in [0.05, 0.1) is 12.7 Å². The van der Waals surface area contributed by atoms with Crippen molar-refractivity contribution in [2.45, 2.75) is 57.5 Å². The second kappa shape index (κ2) is 9.11. The topological polar surface area (TPSA) is 32.7 Å². The molecule has 1 N–H and O–H groups in total. The fraction of sp³-hybridized carbons (Fsp3) is 0.556. The molecule has 3 unspecified atom stereocenters. The van der Waals surface area contributed by atoms with Gasteiger partial charge in [-0.1, -0.05) is 57.2 Å². The molecule has 3 rings (SSSR count). The molecule has 0 heterocycles. The lowest BCUT2D eigenvalue weighted by molar-refractivity contribution is -0.0752. The Bertz CT molecular complexity index is 822. The van der Waals surface area contributed by atoms with Gasteiger partial charge in [0.15, 0.2) is 0 Å². The van der Waals surface area contributed by atoms with Crippen LogP contribution in [0.5, 0.6) is 5.75 Å². The van der Waals surface area contributed by atoms with Gasteiger partial charge in [-0.3, -0.25) is 0 Å². The number of hydrogen-bond acceptors (Lipinski definition) is 3. The van der Waals surface area contributed by atoms with Crippen molar-refractivity contribution in [2.24, 2.45) is 11.8 Å². The average Bonchev–Trinajstić information content (AvgIpc) is 2.70. The zero-order valence-electron chi connectivity index (χ0n) is 19.6. The van der Waals surface area contributed by atoms with E-state index in [1.54, 1.807) is 7.11 Å². The van der Waals surface area contributed by atoms with Crippen LogP contribution in [0.15, 0.2) is 48.5 Å². The molecule has 1 aliphatic carbocycles. The Kier molecular flexibility index (Phi) is 6.94. The fourth-order valence-corrected chi connectivity index (χ4v) is 4.97. The maximum Gasteiger partial charge on any atom is 0.119 e. The molecule has 0 spiro atoms. The van der Waals surface area contributed by atoms with Crippen molar-refractivity contribution in [2.75, 3.05) is 27.7 Å². The van der Waals surface area contributed by atoms with Crippen LogP contribution in [0, 0.1) is 11.8 Å². The molecule has 1 saturated carbocycles. The molecule has 0 aromatic heterocycles. The third kappa shape index (κ3) is 5.25. The minimum absolute atomic E-state index is 0.124. The first kappa shape index (κ1) is 22.8. The summed E-state index contributed by atoms with van der Waals surface area (Å²) < 4.78 is 5.40. The summed E-state index contributed by atoms with van der Waals surface area (Å²) in [5.41, 5.74) is 3.07. The van der Waals surface area contributed by atoms with Crippen molar-refractivity contribution in [3.05, 3.63) is 65.2 Å². The molecule has 0 radical (unpaired) electrons. The van der Waals surface area contributed by atoms with Crippen LogP contribution in [0.3, 0.4) is 0 Å². The molecule has 3 atom stereocenters. The van der Waals surface area contributed by atoms with Gasteiger partial charge in [0.25, 0.3) is 0 Å². The molecule has 2 aromatic rings. The van der Waals surface area contributed by atoms with Crippen LogP contribution >= 0.6 is 0 Å². The Morgan fingerprint density at radius 3 is 2.40 bits per heavy atom. The third-order valence-electron chi connectivity index (χ3n) is 6.72. The Morgan fingerprint density at radius 2 is 1.80 bits per heavy atom. The van der Waals surface area contributed by atoms with Crippen molar-refractivity contribution in [3.63, 3.8) is 0 Å². The molecule has 164 valence electrons. The molecular formula is C27H39NO2.